The lowest BCUT2D eigenvalue weighted by Crippen LogP contribution is -2.38. The molecule has 0 aromatic heterocycles. The number of hydrogen-bond donors (Lipinski definition) is 2. The molecule has 1 aliphatic rings. The Morgan fingerprint density at radius 1 is 1.32 bits per heavy atom. The fraction of sp³-hybridized carbons (Fsp3) is 0.562. The van der Waals surface area contributed by atoms with E-state index in [1.54, 1.807) is 0 Å². The van der Waals surface area contributed by atoms with E-state index in [0.717, 1.165) is 57.3 Å². The summed E-state index contributed by atoms with van der Waals surface area (Å²) in [4.78, 5) is 2.42. The largest absolute Gasteiger partial charge is 0.492 e. The number of hydrogen-bond acceptors (Lipinski definition) is 4. The molecule has 0 radical (unpaired) electrons. The Bertz CT molecular complexity index is 464. The maximum atomic E-state index is 5.57. The molecule has 0 bridgehead atoms. The Labute approximate surface area is 138 Å². The predicted molar refractivity (Wildman–Crippen MR) is 93.7 cm³/mol. The van der Waals surface area contributed by atoms with Gasteiger partial charge in [-0.05, 0) is 44.2 Å². The summed E-state index contributed by atoms with van der Waals surface area (Å²) in [5.41, 5.74) is 0.898. The Morgan fingerprint density at radius 3 is 2.86 bits per heavy atom. The normalized spacial score (nSPS) is 15.3. The molecule has 2 rings (SSSR count). The summed E-state index contributed by atoms with van der Waals surface area (Å²) < 4.78 is 10.9. The number of nitrogens with one attached hydrogen (secondary N) is 2. The Balaban J connectivity index is 1.67. The van der Waals surface area contributed by atoms with Crippen LogP contribution in [0.5, 0.6) is 5.75 Å². The Kier molecular flexibility index (Phi) is 7.42. The molecule has 1 aromatic rings. The molecule has 1 heterocycles. The quantitative estimate of drug-likeness (QED) is 0.592. The molecule has 0 atom stereocenters. The lowest BCUT2D eigenvalue weighted by molar-refractivity contribution is 0.0376. The fourth-order valence-electron chi connectivity index (χ4n) is 2.35. The van der Waals surface area contributed by atoms with Gasteiger partial charge in [0.05, 0.1) is 25.5 Å². The van der Waals surface area contributed by atoms with Gasteiger partial charge in [0.1, 0.15) is 5.75 Å². The standard InChI is InChI=1S/C16H25N3O2S/c1-2-21-15-7-4-3-6-14(15)18-16(22)17-8-5-9-19-10-12-20-13-11-19/h3-4,6-7H,2,5,8-13H2,1H3,(H2,17,18,22). The topological polar surface area (TPSA) is 45.8 Å². The lowest BCUT2D eigenvalue weighted by atomic mass is 10.3. The monoisotopic (exact) mass is 323 g/mol. The third-order valence-corrected chi connectivity index (χ3v) is 3.72. The van der Waals surface area contributed by atoms with Gasteiger partial charge in [-0.15, -0.1) is 0 Å². The third kappa shape index (κ3) is 5.79. The van der Waals surface area contributed by atoms with E-state index >= 15 is 0 Å². The summed E-state index contributed by atoms with van der Waals surface area (Å²) in [7, 11) is 0. The number of rotatable bonds is 7. The zero-order chi connectivity index (χ0) is 15.6. The van der Waals surface area contributed by atoms with Crippen molar-refractivity contribution in [3.05, 3.63) is 24.3 Å². The van der Waals surface area contributed by atoms with Crippen LogP contribution in [0.1, 0.15) is 13.3 Å². The molecule has 0 aliphatic carbocycles. The summed E-state index contributed by atoms with van der Waals surface area (Å²) in [5, 5.41) is 7.08. The second-order valence-corrected chi connectivity index (χ2v) is 5.53. The summed E-state index contributed by atoms with van der Waals surface area (Å²) >= 11 is 5.34. The van der Waals surface area contributed by atoms with Gasteiger partial charge < -0.3 is 20.1 Å². The molecule has 1 aromatic carbocycles. The van der Waals surface area contributed by atoms with Crippen LogP contribution in [0.15, 0.2) is 24.3 Å². The van der Waals surface area contributed by atoms with E-state index in [4.69, 9.17) is 21.7 Å². The SMILES string of the molecule is CCOc1ccccc1NC(=S)NCCCN1CCOCC1. The molecule has 1 saturated heterocycles. The summed E-state index contributed by atoms with van der Waals surface area (Å²) in [6, 6.07) is 7.82. The van der Waals surface area contributed by atoms with Crippen molar-refractivity contribution in [1.29, 1.82) is 0 Å². The van der Waals surface area contributed by atoms with E-state index in [-0.39, 0.29) is 0 Å². The highest BCUT2D eigenvalue weighted by molar-refractivity contribution is 7.80. The number of ether oxygens (including phenoxy) is 2. The predicted octanol–water partition coefficient (Wildman–Crippen LogP) is 2.09. The zero-order valence-electron chi connectivity index (χ0n) is 13.1. The van der Waals surface area contributed by atoms with Crippen molar-refractivity contribution >= 4 is 23.0 Å². The average Bonchev–Trinajstić information content (AvgIpc) is 2.55. The summed E-state index contributed by atoms with van der Waals surface area (Å²) in [5.74, 6) is 0.822. The van der Waals surface area contributed by atoms with Crippen LogP contribution in [0.2, 0.25) is 0 Å². The van der Waals surface area contributed by atoms with Crippen LogP contribution in [-0.2, 0) is 4.74 Å². The molecule has 0 spiro atoms. The number of thiocarbonyl (C=S) groups is 1. The van der Waals surface area contributed by atoms with Crippen LogP contribution in [0, 0.1) is 0 Å². The van der Waals surface area contributed by atoms with E-state index in [2.05, 4.69) is 15.5 Å². The molecular weight excluding hydrogens is 298 g/mol. The summed E-state index contributed by atoms with van der Waals surface area (Å²) in [6.45, 7) is 8.31. The molecule has 6 heteroatoms. The van der Waals surface area contributed by atoms with E-state index in [9.17, 15) is 0 Å². The van der Waals surface area contributed by atoms with E-state index < -0.39 is 0 Å². The molecule has 0 amide bonds. The first kappa shape index (κ1) is 17.0. The van der Waals surface area contributed by atoms with Crippen LogP contribution in [0.25, 0.3) is 0 Å². The van der Waals surface area contributed by atoms with Crippen LogP contribution in [-0.4, -0.2) is 56.0 Å². The van der Waals surface area contributed by atoms with Crippen molar-refractivity contribution in [2.45, 2.75) is 13.3 Å². The highest BCUT2D eigenvalue weighted by atomic mass is 32.1. The van der Waals surface area contributed by atoms with E-state index in [1.807, 2.05) is 31.2 Å². The van der Waals surface area contributed by atoms with Crippen LogP contribution in [0.4, 0.5) is 5.69 Å². The van der Waals surface area contributed by atoms with Gasteiger partial charge >= 0.3 is 0 Å². The van der Waals surface area contributed by atoms with Gasteiger partial charge in [0.2, 0.25) is 0 Å². The molecular formula is C16H25N3O2S. The smallest absolute Gasteiger partial charge is 0.170 e. The molecule has 2 N–H and O–H groups in total. The van der Waals surface area contributed by atoms with Crippen LogP contribution < -0.4 is 15.4 Å². The first-order valence-corrected chi connectivity index (χ1v) is 8.27. The van der Waals surface area contributed by atoms with Crippen molar-refractivity contribution in [3.8, 4) is 5.75 Å². The minimum absolute atomic E-state index is 0.633. The highest BCUT2D eigenvalue weighted by Gasteiger charge is 2.09. The molecule has 0 saturated carbocycles. The number of anilines is 1. The molecule has 5 nitrogen and oxygen atoms in total. The van der Waals surface area contributed by atoms with Crippen molar-refractivity contribution in [2.24, 2.45) is 0 Å². The first-order valence-electron chi connectivity index (χ1n) is 7.86. The third-order valence-electron chi connectivity index (χ3n) is 3.48. The first-order chi connectivity index (χ1) is 10.8. The van der Waals surface area contributed by atoms with E-state index in [1.165, 1.54) is 0 Å². The summed E-state index contributed by atoms with van der Waals surface area (Å²) in [6.07, 6.45) is 1.06. The van der Waals surface area contributed by atoms with Gasteiger partial charge in [-0.3, -0.25) is 4.90 Å². The number of benzene rings is 1. The van der Waals surface area contributed by atoms with Gasteiger partial charge in [-0.2, -0.15) is 0 Å². The van der Waals surface area contributed by atoms with Crippen molar-refractivity contribution < 1.29 is 9.47 Å². The van der Waals surface area contributed by atoms with Gasteiger partial charge in [0, 0.05) is 19.6 Å². The maximum Gasteiger partial charge on any atom is 0.170 e. The number of nitrogens with zero attached hydrogens (tertiary/aromatic N) is 1. The minimum Gasteiger partial charge on any atom is -0.492 e. The second-order valence-electron chi connectivity index (χ2n) is 5.12. The molecule has 0 unspecified atom stereocenters. The molecule has 122 valence electrons. The van der Waals surface area contributed by atoms with Crippen molar-refractivity contribution in [3.63, 3.8) is 0 Å². The second kappa shape index (κ2) is 9.61. The van der Waals surface area contributed by atoms with Crippen molar-refractivity contribution in [2.75, 3.05) is 51.3 Å². The van der Waals surface area contributed by atoms with Crippen LogP contribution >= 0.6 is 12.2 Å². The van der Waals surface area contributed by atoms with Gasteiger partial charge in [-0.1, -0.05) is 12.1 Å². The number of para-hydroxylation sites is 2. The number of morpholine rings is 1. The molecule has 22 heavy (non-hydrogen) atoms. The maximum absolute atomic E-state index is 5.57. The lowest BCUT2D eigenvalue weighted by Gasteiger charge is -2.26. The zero-order valence-corrected chi connectivity index (χ0v) is 14.0. The molecule has 1 fully saturated rings. The minimum atomic E-state index is 0.633. The van der Waals surface area contributed by atoms with Crippen LogP contribution in [0.3, 0.4) is 0 Å². The molecule has 1 aliphatic heterocycles. The Hall–Kier alpha value is -1.37. The fourth-order valence-corrected chi connectivity index (χ4v) is 2.56. The van der Waals surface area contributed by atoms with Gasteiger partial charge in [0.15, 0.2) is 5.11 Å². The van der Waals surface area contributed by atoms with E-state index in [0.29, 0.717) is 11.7 Å². The van der Waals surface area contributed by atoms with Crippen molar-refractivity contribution in [1.82, 2.24) is 10.2 Å². The highest BCUT2D eigenvalue weighted by Crippen LogP contribution is 2.23. The van der Waals surface area contributed by atoms with Gasteiger partial charge in [0.25, 0.3) is 0 Å². The average molecular weight is 323 g/mol. The van der Waals surface area contributed by atoms with Gasteiger partial charge in [-0.25, -0.2) is 0 Å². The Morgan fingerprint density at radius 2 is 2.09 bits per heavy atom.